The maximum atomic E-state index is 11.7. The van der Waals surface area contributed by atoms with Crippen molar-refractivity contribution in [3.05, 3.63) is 17.7 Å². The Morgan fingerprint density at radius 3 is 2.79 bits per heavy atom. The Morgan fingerprint density at radius 2 is 2.16 bits per heavy atom. The fourth-order valence-electron chi connectivity index (χ4n) is 2.18. The average Bonchev–Trinajstić information content (AvgIpc) is 2.45. The molecule has 0 amide bonds. The van der Waals surface area contributed by atoms with Gasteiger partial charge in [0.1, 0.15) is 6.61 Å². The van der Waals surface area contributed by atoms with E-state index >= 15 is 0 Å². The van der Waals surface area contributed by atoms with Crippen LogP contribution in [-0.2, 0) is 16.0 Å². The lowest BCUT2D eigenvalue weighted by Crippen LogP contribution is -2.30. The van der Waals surface area contributed by atoms with Crippen LogP contribution in [0.25, 0.3) is 0 Å². The minimum absolute atomic E-state index is 0.220. The van der Waals surface area contributed by atoms with Gasteiger partial charge in [-0.2, -0.15) is 0 Å². The minimum Gasteiger partial charge on any atom is -0.493 e. The molecule has 0 saturated carbocycles. The minimum atomic E-state index is -0.259. The molecule has 0 radical (unpaired) electrons. The Hall–Kier alpha value is -1.91. The molecule has 5 nitrogen and oxygen atoms in total. The number of rotatable bonds is 4. The summed E-state index contributed by atoms with van der Waals surface area (Å²) in [7, 11) is 3.15. The molecule has 104 valence electrons. The number of hydrogen-bond acceptors (Lipinski definition) is 5. The van der Waals surface area contributed by atoms with Gasteiger partial charge in [0.2, 0.25) is 5.75 Å². The lowest BCUT2D eigenvalue weighted by Gasteiger charge is -2.26. The van der Waals surface area contributed by atoms with Crippen LogP contribution in [0.3, 0.4) is 0 Å². The molecule has 0 aromatic heterocycles. The van der Waals surface area contributed by atoms with Gasteiger partial charge in [-0.15, -0.1) is 0 Å². The molecule has 0 bridgehead atoms. The first-order valence-corrected chi connectivity index (χ1v) is 6.24. The van der Waals surface area contributed by atoms with E-state index < -0.39 is 0 Å². The molecule has 0 fully saturated rings. The van der Waals surface area contributed by atoms with Crippen molar-refractivity contribution in [2.24, 2.45) is 5.92 Å². The highest BCUT2D eigenvalue weighted by Crippen LogP contribution is 2.42. The number of carbonyl (C=O) groups excluding carboxylic acids is 1. The van der Waals surface area contributed by atoms with Crippen LogP contribution in [0.15, 0.2) is 12.1 Å². The molecular formula is C14H18O5. The fraction of sp³-hybridized carbons (Fsp3) is 0.500. The summed E-state index contributed by atoms with van der Waals surface area (Å²) in [5, 5.41) is 0. The Morgan fingerprint density at radius 1 is 1.37 bits per heavy atom. The average molecular weight is 266 g/mol. The largest absolute Gasteiger partial charge is 0.493 e. The van der Waals surface area contributed by atoms with Crippen molar-refractivity contribution in [3.8, 4) is 17.2 Å². The Kier molecular flexibility index (Phi) is 4.14. The van der Waals surface area contributed by atoms with Crippen molar-refractivity contribution in [3.63, 3.8) is 0 Å². The highest BCUT2D eigenvalue weighted by atomic mass is 16.5. The number of carbonyl (C=O) groups is 1. The molecule has 2 rings (SSSR count). The number of esters is 1. The van der Waals surface area contributed by atoms with E-state index in [0.717, 1.165) is 5.56 Å². The second kappa shape index (κ2) is 5.82. The molecule has 1 aromatic rings. The van der Waals surface area contributed by atoms with E-state index in [1.165, 1.54) is 0 Å². The van der Waals surface area contributed by atoms with Crippen LogP contribution in [-0.4, -0.2) is 33.4 Å². The van der Waals surface area contributed by atoms with Gasteiger partial charge in [0.05, 0.1) is 26.7 Å². The molecule has 19 heavy (non-hydrogen) atoms. The molecule has 0 aliphatic carbocycles. The lowest BCUT2D eigenvalue weighted by atomic mass is 9.96. The van der Waals surface area contributed by atoms with Gasteiger partial charge in [0.25, 0.3) is 0 Å². The SMILES string of the molecule is CCOC(=O)C1COc2c(ccc(OC)c2OC)C1. The predicted molar refractivity (Wildman–Crippen MR) is 68.9 cm³/mol. The molecule has 0 spiro atoms. The Balaban J connectivity index is 2.25. The van der Waals surface area contributed by atoms with Crippen molar-refractivity contribution >= 4 is 5.97 Å². The number of methoxy groups -OCH3 is 2. The van der Waals surface area contributed by atoms with Crippen molar-refractivity contribution in [2.75, 3.05) is 27.4 Å². The van der Waals surface area contributed by atoms with Crippen LogP contribution < -0.4 is 14.2 Å². The van der Waals surface area contributed by atoms with Crippen LogP contribution in [0, 0.1) is 5.92 Å². The predicted octanol–water partition coefficient (Wildman–Crippen LogP) is 1.82. The molecule has 0 saturated heterocycles. The molecule has 1 aliphatic rings. The topological polar surface area (TPSA) is 54.0 Å². The van der Waals surface area contributed by atoms with Gasteiger partial charge >= 0.3 is 5.97 Å². The van der Waals surface area contributed by atoms with Crippen LogP contribution >= 0.6 is 0 Å². The highest BCUT2D eigenvalue weighted by molar-refractivity contribution is 5.74. The zero-order valence-electron chi connectivity index (χ0n) is 11.4. The number of ether oxygens (including phenoxy) is 4. The smallest absolute Gasteiger partial charge is 0.312 e. The summed E-state index contributed by atoms with van der Waals surface area (Å²) in [6, 6.07) is 3.70. The summed E-state index contributed by atoms with van der Waals surface area (Å²) in [6.07, 6.45) is 0.592. The van der Waals surface area contributed by atoms with Gasteiger partial charge in [-0.05, 0) is 25.0 Å². The standard InChI is InChI=1S/C14H18O5/c1-4-18-14(15)10-7-9-5-6-11(16-2)13(17-3)12(9)19-8-10/h5-6,10H,4,7-8H2,1-3H3. The van der Waals surface area contributed by atoms with Crippen molar-refractivity contribution in [2.45, 2.75) is 13.3 Å². The Bertz CT molecular complexity index is 469. The lowest BCUT2D eigenvalue weighted by molar-refractivity contribution is -0.149. The van der Waals surface area contributed by atoms with Crippen LogP contribution in [0.2, 0.25) is 0 Å². The maximum Gasteiger partial charge on any atom is 0.312 e. The maximum absolute atomic E-state index is 11.7. The summed E-state index contributed by atoms with van der Waals surface area (Å²) in [6.45, 7) is 2.48. The molecule has 5 heteroatoms. The van der Waals surface area contributed by atoms with Crippen LogP contribution in [0.4, 0.5) is 0 Å². The second-order valence-electron chi connectivity index (χ2n) is 4.25. The summed E-state index contributed by atoms with van der Waals surface area (Å²) in [5.74, 6) is 1.37. The van der Waals surface area contributed by atoms with Gasteiger partial charge in [0, 0.05) is 0 Å². The van der Waals surface area contributed by atoms with E-state index in [2.05, 4.69) is 0 Å². The van der Waals surface area contributed by atoms with Crippen molar-refractivity contribution < 1.29 is 23.7 Å². The van der Waals surface area contributed by atoms with Gasteiger partial charge in [-0.25, -0.2) is 0 Å². The van der Waals surface area contributed by atoms with E-state index in [1.54, 1.807) is 21.1 Å². The summed E-state index contributed by atoms with van der Waals surface area (Å²) in [4.78, 5) is 11.7. The first-order chi connectivity index (χ1) is 9.21. The Labute approximate surface area is 112 Å². The molecule has 1 atom stereocenters. The molecule has 1 aliphatic heterocycles. The number of hydrogen-bond donors (Lipinski definition) is 0. The quantitative estimate of drug-likeness (QED) is 0.778. The number of fused-ring (bicyclic) bond motifs is 1. The first kappa shape index (κ1) is 13.5. The van der Waals surface area contributed by atoms with E-state index in [4.69, 9.17) is 18.9 Å². The summed E-state index contributed by atoms with van der Waals surface area (Å²) < 4.78 is 21.2. The van der Waals surface area contributed by atoms with E-state index in [9.17, 15) is 4.79 Å². The molecule has 1 aromatic carbocycles. The van der Waals surface area contributed by atoms with Gasteiger partial charge in [-0.1, -0.05) is 6.07 Å². The third kappa shape index (κ3) is 2.59. The molecule has 1 heterocycles. The molecule has 1 unspecified atom stereocenters. The van der Waals surface area contributed by atoms with E-state index in [1.807, 2.05) is 12.1 Å². The monoisotopic (exact) mass is 266 g/mol. The van der Waals surface area contributed by atoms with Crippen LogP contribution in [0.5, 0.6) is 17.2 Å². The fourth-order valence-corrected chi connectivity index (χ4v) is 2.18. The van der Waals surface area contributed by atoms with Crippen molar-refractivity contribution in [1.29, 1.82) is 0 Å². The molecular weight excluding hydrogens is 248 g/mol. The van der Waals surface area contributed by atoms with Crippen molar-refractivity contribution in [1.82, 2.24) is 0 Å². The highest BCUT2D eigenvalue weighted by Gasteiger charge is 2.30. The third-order valence-electron chi connectivity index (χ3n) is 3.10. The summed E-state index contributed by atoms with van der Waals surface area (Å²) >= 11 is 0. The third-order valence-corrected chi connectivity index (χ3v) is 3.10. The first-order valence-electron chi connectivity index (χ1n) is 6.24. The zero-order chi connectivity index (χ0) is 13.8. The van der Waals surface area contributed by atoms with E-state index in [-0.39, 0.29) is 11.9 Å². The second-order valence-corrected chi connectivity index (χ2v) is 4.25. The van der Waals surface area contributed by atoms with Gasteiger partial charge in [0.15, 0.2) is 11.5 Å². The zero-order valence-corrected chi connectivity index (χ0v) is 11.4. The number of benzene rings is 1. The van der Waals surface area contributed by atoms with Crippen LogP contribution in [0.1, 0.15) is 12.5 Å². The van der Waals surface area contributed by atoms with Gasteiger partial charge < -0.3 is 18.9 Å². The molecule has 0 N–H and O–H groups in total. The van der Waals surface area contributed by atoms with Gasteiger partial charge in [-0.3, -0.25) is 4.79 Å². The normalized spacial score (nSPS) is 17.1. The summed E-state index contributed by atoms with van der Waals surface area (Å²) in [5.41, 5.74) is 0.932. The van der Waals surface area contributed by atoms with E-state index in [0.29, 0.717) is 36.9 Å².